The minimum Gasteiger partial charge on any atom is -0.508 e. The van der Waals surface area contributed by atoms with E-state index in [1.54, 1.807) is 0 Å². The van der Waals surface area contributed by atoms with Crippen LogP contribution >= 0.6 is 23.2 Å². The van der Waals surface area contributed by atoms with E-state index in [9.17, 15) is 65.1 Å². The van der Waals surface area contributed by atoms with Gasteiger partial charge in [-0.25, -0.2) is 0 Å². The number of amides is 8. The van der Waals surface area contributed by atoms with E-state index in [0.29, 0.717) is 19.3 Å². The topological polar surface area (TPSA) is 522 Å². The third-order valence-corrected chi connectivity index (χ3v) is 19.4. The molecule has 0 spiro atoms. The maximum atomic E-state index is 16.2. The first-order chi connectivity index (χ1) is 50.7. The van der Waals surface area contributed by atoms with Crippen molar-refractivity contribution in [3.63, 3.8) is 0 Å². The molecule has 0 radical (unpaired) electrons. The van der Waals surface area contributed by atoms with Gasteiger partial charge in [-0.05, 0) is 128 Å². The number of unbranched alkanes of at least 4 members (excludes halogenated alkanes) is 2. The Morgan fingerprint density at radius 2 is 1.36 bits per heavy atom. The molecule has 11 bridgehead atoms. The van der Waals surface area contributed by atoms with Gasteiger partial charge in [-0.15, -0.1) is 12.3 Å². The van der Waals surface area contributed by atoms with Crippen molar-refractivity contribution in [2.45, 2.75) is 175 Å². The zero-order chi connectivity index (χ0) is 77.8. The Kier molecular flexibility index (Phi) is 25.1. The summed E-state index contributed by atoms with van der Waals surface area (Å²) in [6, 6.07) is 0.355. The van der Waals surface area contributed by atoms with Gasteiger partial charge in [0.1, 0.15) is 95.5 Å². The number of phenols is 3. The molecule has 33 nitrogen and oxygen atoms in total. The fourth-order valence-corrected chi connectivity index (χ4v) is 13.6. The van der Waals surface area contributed by atoms with Gasteiger partial charge in [0.05, 0.1) is 41.3 Å². The largest absolute Gasteiger partial charge is 0.508 e. The number of phenolic OH excluding ortho intramolecular Hbond substituents is 3. The average molecular weight is 1530 g/mol. The van der Waals surface area contributed by atoms with Crippen LogP contribution in [-0.4, -0.2) is 192 Å². The highest BCUT2D eigenvalue weighted by Gasteiger charge is 2.52. The number of benzene rings is 5. The number of nitrogens with two attached hydrogens (primary N) is 2. The molecule has 2 saturated heterocycles. The van der Waals surface area contributed by atoms with Crippen LogP contribution in [0.5, 0.6) is 46.0 Å². The molecular weight excluding hydrogens is 1440 g/mol. The summed E-state index contributed by atoms with van der Waals surface area (Å²) >= 11 is 14.2. The van der Waals surface area contributed by atoms with E-state index in [4.69, 9.17) is 69.5 Å². The van der Waals surface area contributed by atoms with Crippen LogP contribution in [0.3, 0.4) is 0 Å². The highest BCUT2D eigenvalue weighted by molar-refractivity contribution is 6.32. The van der Waals surface area contributed by atoms with Gasteiger partial charge < -0.3 is 128 Å². The summed E-state index contributed by atoms with van der Waals surface area (Å²) in [7, 11) is 1.48. The van der Waals surface area contributed by atoms with Crippen LogP contribution in [0.2, 0.25) is 10.0 Å². The number of hydrogen-bond acceptors (Lipinski definition) is 25. The highest BCUT2D eigenvalue weighted by Crippen LogP contribution is 2.50. The molecule has 5 aromatic carbocycles. The molecule has 7 heterocycles. The number of terminal acetylenes is 1. The second-order valence-electron chi connectivity index (χ2n) is 27.3. The molecule has 2 fully saturated rings. The number of carbonyl (C=O) groups excluding carboxylic acids is 8. The molecule has 8 amide bonds. The highest BCUT2D eigenvalue weighted by atomic mass is 35.5. The van der Waals surface area contributed by atoms with E-state index in [1.807, 2.05) is 13.8 Å². The summed E-state index contributed by atoms with van der Waals surface area (Å²) in [4.78, 5) is 119. The summed E-state index contributed by atoms with van der Waals surface area (Å²) in [5.74, 6) is -12.1. The number of carbonyl (C=O) groups is 8. The van der Waals surface area contributed by atoms with Crippen molar-refractivity contribution in [1.82, 2.24) is 42.5 Å². The van der Waals surface area contributed by atoms with Crippen LogP contribution in [0.4, 0.5) is 0 Å². The monoisotopic (exact) mass is 1530 g/mol. The van der Waals surface area contributed by atoms with Crippen LogP contribution in [0.1, 0.15) is 124 Å². The van der Waals surface area contributed by atoms with Gasteiger partial charge in [-0.1, -0.05) is 55.2 Å². The summed E-state index contributed by atoms with van der Waals surface area (Å²) in [6.45, 7) is 5.66. The predicted octanol–water partition coefficient (Wildman–Crippen LogP) is 0.941. The minimum atomic E-state index is -2.34. The van der Waals surface area contributed by atoms with Crippen LogP contribution in [-0.2, 0) is 52.6 Å². The molecule has 35 heteroatoms. The smallest absolute Gasteiger partial charge is 0.248 e. The summed E-state index contributed by atoms with van der Waals surface area (Å²) in [5, 5.41) is 124. The zero-order valence-corrected chi connectivity index (χ0v) is 59.8. The van der Waals surface area contributed by atoms with Gasteiger partial charge in [-0.2, -0.15) is 0 Å². The number of aliphatic hydroxyl groups is 6. The fraction of sp³-hybridized carbons (Fsp3) is 0.444. The minimum absolute atomic E-state index is 0.0296. The first-order valence-corrected chi connectivity index (χ1v) is 34.9. The van der Waals surface area contributed by atoms with Crippen molar-refractivity contribution in [2.24, 2.45) is 17.4 Å². The lowest BCUT2D eigenvalue weighted by Crippen LogP contribution is -2.64. The number of hydrogen-bond donors (Lipinski definition) is 19. The second kappa shape index (κ2) is 33.7. The number of aromatic hydroxyl groups is 3. The molecule has 0 saturated carbocycles. The quantitative estimate of drug-likeness (QED) is 0.0455. The number of halogens is 2. The van der Waals surface area contributed by atoms with Crippen molar-refractivity contribution in [3.05, 3.63) is 117 Å². The first-order valence-electron chi connectivity index (χ1n) is 34.1. The van der Waals surface area contributed by atoms with Crippen LogP contribution in [0.25, 0.3) is 11.1 Å². The van der Waals surface area contributed by atoms with E-state index in [-0.39, 0.29) is 69.6 Å². The number of primary amides is 1. The number of aliphatic hydroxyl groups excluding tert-OH is 6. The standard InChI is InChI=1S/C72H84Cl2N10O23/c1-7-8-9-10-17-78-66(97)54-37-24-35(86)25-43(88)51(37)36-19-31(11-14-42(36)87)52-67(98)84-56(70(101)82-54)58(91)33-13-16-45(39(74)21-33)104-47-23-34-22-46(61(47)107-71-62(60(93)59(92)48(28-85)105-71)106-50-27-72(5,76)63(94)30(4)102-50)103-44-15-12-32(20-38(44)73)57(90)55(83-64(95)40(77-6)18-29(2)3)69(100)79-41(26-49(75)89)65(96)80-53(34)68(99)81-52/h1,11-16,19-25,29-30,40-41,48,50,52-60,62-63,71,77,85-88,90-94H,8-10,17-18,26-28,76H2,2-6H3,(H2,75,89)(H,78,97)(H,79,100)(H,80,96)(H,81,99)(H,82,101)(H,83,95)(H,84,98)/t30-,40+,41-,48+,50-,52+,53+,54-,55+,56-,57+,58+,59+,60-,62+,63+,71-,72-/m0/s1. The maximum absolute atomic E-state index is 16.2. The lowest BCUT2D eigenvalue weighted by atomic mass is 9.86. The van der Waals surface area contributed by atoms with E-state index in [0.717, 1.165) is 60.7 Å². The number of ether oxygens (including phenoxy) is 6. The molecular formula is C72H84Cl2N10O23. The molecule has 5 aromatic rings. The lowest BCUT2D eigenvalue weighted by Gasteiger charge is -2.47. The molecule has 0 aromatic heterocycles. The van der Waals surface area contributed by atoms with Crippen molar-refractivity contribution in [2.75, 3.05) is 20.2 Å². The van der Waals surface area contributed by atoms with Gasteiger partial charge in [0.25, 0.3) is 0 Å². The Labute approximate surface area is 622 Å². The predicted molar refractivity (Wildman–Crippen MR) is 377 cm³/mol. The first kappa shape index (κ1) is 79.9. The van der Waals surface area contributed by atoms with Crippen molar-refractivity contribution in [1.29, 1.82) is 0 Å². The lowest BCUT2D eigenvalue weighted by molar-refractivity contribution is -0.333. The molecule has 0 aliphatic carbocycles. The van der Waals surface area contributed by atoms with E-state index in [1.165, 1.54) is 39.1 Å². The fourth-order valence-electron chi connectivity index (χ4n) is 13.2. The van der Waals surface area contributed by atoms with E-state index >= 15 is 19.2 Å². The van der Waals surface area contributed by atoms with Crippen LogP contribution < -0.4 is 68.2 Å². The van der Waals surface area contributed by atoms with Gasteiger partial charge in [0.15, 0.2) is 23.9 Å². The maximum Gasteiger partial charge on any atom is 0.248 e. The summed E-state index contributed by atoms with van der Waals surface area (Å²) < 4.78 is 38.5. The van der Waals surface area contributed by atoms with Gasteiger partial charge in [-0.3, -0.25) is 38.4 Å². The molecule has 7 aliphatic rings. The van der Waals surface area contributed by atoms with Crippen molar-refractivity contribution < 1.29 is 113 Å². The van der Waals surface area contributed by atoms with E-state index in [2.05, 4.69) is 48.5 Å². The average Bonchev–Trinajstić information content (AvgIpc) is 0.779. The second-order valence-corrected chi connectivity index (χ2v) is 28.1. The Bertz CT molecular complexity index is 4280. The number of fused-ring (bicyclic) bond motifs is 15. The van der Waals surface area contributed by atoms with Gasteiger partial charge >= 0.3 is 0 Å². The third-order valence-electron chi connectivity index (χ3n) is 18.8. The third kappa shape index (κ3) is 17.8. The van der Waals surface area contributed by atoms with Gasteiger partial charge in [0, 0.05) is 42.1 Å². The Balaban J connectivity index is 1.23. The van der Waals surface area contributed by atoms with Gasteiger partial charge in [0.2, 0.25) is 59.3 Å². The van der Waals surface area contributed by atoms with Crippen LogP contribution in [0.15, 0.2) is 78.9 Å². The zero-order valence-electron chi connectivity index (χ0n) is 58.3. The molecule has 18 atom stereocenters. The number of likely N-dealkylation sites (N-methyl/N-ethyl adjacent to an activating group) is 1. The summed E-state index contributed by atoms with van der Waals surface area (Å²) in [5.41, 5.74) is 8.59. The molecule has 21 N–H and O–H groups in total. The summed E-state index contributed by atoms with van der Waals surface area (Å²) in [6.07, 6.45) is -11.9. The number of rotatable bonds is 17. The molecule has 7 aliphatic heterocycles. The van der Waals surface area contributed by atoms with E-state index < -0.39 is 220 Å². The Morgan fingerprint density at radius 3 is 1.97 bits per heavy atom. The molecule has 574 valence electrons. The van der Waals surface area contributed by atoms with Crippen molar-refractivity contribution in [3.8, 4) is 69.5 Å². The SMILES string of the molecule is C#CCCCCNC(=O)[C@H]1NC(=O)[C@H]2NC(=O)[C@H](NC(=O)[C@@H]3NC(=O)[C@H](CC(N)=O)NC(=O)[C@H](NC(=O)[C@@H](CC(C)C)NC)[C@H](O)c4ccc(c(Cl)c4)Oc4cc3cc(c4O[C@@H]3O[C@H](CO)[C@@H](O)[C@H](O)[C@H]3O[C@H]3C[C@](C)(N)[C@H](O)[C@H](C)O3)Oc3ccc(cc3Cl)[C@H]2O)c2ccc(O)c(c2)-c2c(O)cc(O)cc21. The van der Waals surface area contributed by atoms with Crippen molar-refractivity contribution >= 4 is 70.5 Å². The normalized spacial score (nSPS) is 28.3. The Morgan fingerprint density at radius 1 is 0.738 bits per heavy atom. The molecule has 0 unspecified atom stereocenters. The molecule has 12 rings (SSSR count). The molecule has 107 heavy (non-hydrogen) atoms. The Hall–Kier alpha value is -9.64. The van der Waals surface area contributed by atoms with Crippen LogP contribution in [0, 0.1) is 18.3 Å². The number of nitrogens with one attached hydrogen (secondary N) is 8.